The highest BCUT2D eigenvalue weighted by Gasteiger charge is 2.53. The van der Waals surface area contributed by atoms with Crippen molar-refractivity contribution < 1.29 is 0 Å². The third kappa shape index (κ3) is 3.24. The van der Waals surface area contributed by atoms with Crippen molar-refractivity contribution in [3.05, 3.63) is 53.2 Å². The molecule has 0 N–H and O–H groups in total. The molecule has 3 aliphatic heterocycles. The van der Waals surface area contributed by atoms with Gasteiger partial charge in [-0.15, -0.1) is 10.2 Å². The van der Waals surface area contributed by atoms with E-state index in [1.165, 1.54) is 0 Å². The van der Waals surface area contributed by atoms with Crippen molar-refractivity contribution in [3.63, 3.8) is 0 Å². The highest BCUT2D eigenvalue weighted by molar-refractivity contribution is 6.30. The van der Waals surface area contributed by atoms with Crippen molar-refractivity contribution in [2.24, 2.45) is 5.41 Å². The number of anilines is 2. The average Bonchev–Trinajstić information content (AvgIpc) is 3.07. The van der Waals surface area contributed by atoms with Gasteiger partial charge in [0.1, 0.15) is 11.4 Å². The minimum absolute atomic E-state index is 0.256. The molecule has 2 aromatic heterocycles. The van der Waals surface area contributed by atoms with Crippen LogP contribution in [0.3, 0.4) is 0 Å². The first-order valence-electron chi connectivity index (χ1n) is 11.0. The van der Waals surface area contributed by atoms with Crippen LogP contribution in [0.5, 0.6) is 0 Å². The van der Waals surface area contributed by atoms with Crippen molar-refractivity contribution >= 4 is 23.4 Å². The monoisotopic (exact) mass is 461 g/mol. The standard InChI is InChI=1S/C23H24ClN9/c1-22(2,11-25)32-9-16-7-17(24)3-4-18(16)33-20(10-32)28-29-21(33)31-14-23(15-31)12-30(13-23)19-8-26-5-6-27-19/h3-8H,9-10,12-15H2,1-2H3. The lowest BCUT2D eigenvalue weighted by atomic mass is 9.73. The summed E-state index contributed by atoms with van der Waals surface area (Å²) in [6.07, 6.45) is 5.25. The minimum atomic E-state index is -0.641. The Morgan fingerprint density at radius 2 is 1.85 bits per heavy atom. The van der Waals surface area contributed by atoms with Gasteiger partial charge in [0.15, 0.2) is 5.82 Å². The zero-order valence-electron chi connectivity index (χ0n) is 18.6. The predicted molar refractivity (Wildman–Crippen MR) is 124 cm³/mol. The first kappa shape index (κ1) is 20.4. The minimum Gasteiger partial charge on any atom is -0.354 e. The maximum atomic E-state index is 9.74. The van der Waals surface area contributed by atoms with Crippen molar-refractivity contribution in [3.8, 4) is 11.8 Å². The molecule has 0 saturated carbocycles. The van der Waals surface area contributed by atoms with Crippen molar-refractivity contribution in [1.29, 1.82) is 5.26 Å². The van der Waals surface area contributed by atoms with Gasteiger partial charge in [0, 0.05) is 55.6 Å². The van der Waals surface area contributed by atoms with Crippen LogP contribution >= 0.6 is 11.6 Å². The fourth-order valence-corrected chi connectivity index (χ4v) is 5.34. The molecule has 0 radical (unpaired) electrons. The Kier molecular flexibility index (Phi) is 4.41. The molecule has 0 unspecified atom stereocenters. The lowest BCUT2D eigenvalue weighted by Crippen LogP contribution is -2.73. The quantitative estimate of drug-likeness (QED) is 0.588. The third-order valence-corrected chi connectivity index (χ3v) is 7.25. The predicted octanol–water partition coefficient (Wildman–Crippen LogP) is 2.66. The third-order valence-electron chi connectivity index (χ3n) is 7.01. The molecule has 33 heavy (non-hydrogen) atoms. The van der Waals surface area contributed by atoms with E-state index in [4.69, 9.17) is 11.6 Å². The van der Waals surface area contributed by atoms with Crippen LogP contribution in [0.4, 0.5) is 11.8 Å². The number of hydrogen-bond donors (Lipinski definition) is 0. The van der Waals surface area contributed by atoms with E-state index in [0.717, 1.165) is 55.0 Å². The van der Waals surface area contributed by atoms with Crippen molar-refractivity contribution in [2.75, 3.05) is 36.0 Å². The smallest absolute Gasteiger partial charge is 0.231 e. The Morgan fingerprint density at radius 3 is 2.58 bits per heavy atom. The van der Waals surface area contributed by atoms with Crippen LogP contribution in [0.15, 0.2) is 36.8 Å². The van der Waals surface area contributed by atoms with E-state index >= 15 is 0 Å². The lowest BCUT2D eigenvalue weighted by Gasteiger charge is -2.60. The molecule has 2 fully saturated rings. The second-order valence-corrected chi connectivity index (χ2v) is 10.3. The summed E-state index contributed by atoms with van der Waals surface area (Å²) in [5, 5.41) is 19.6. The average molecular weight is 462 g/mol. The van der Waals surface area contributed by atoms with Crippen LogP contribution in [0.25, 0.3) is 5.69 Å². The van der Waals surface area contributed by atoms with Crippen LogP contribution in [-0.2, 0) is 13.1 Å². The van der Waals surface area contributed by atoms with E-state index in [-0.39, 0.29) is 5.41 Å². The summed E-state index contributed by atoms with van der Waals surface area (Å²) in [6.45, 7) is 8.83. The largest absolute Gasteiger partial charge is 0.354 e. The first-order valence-corrected chi connectivity index (χ1v) is 11.4. The van der Waals surface area contributed by atoms with E-state index < -0.39 is 5.54 Å². The number of halogens is 1. The SMILES string of the molecule is CC(C)(C#N)N1Cc2cc(Cl)ccc2-n2c(nnc2N2CC3(CN(c4cnccn4)C3)C2)C1. The molecule has 0 amide bonds. The van der Waals surface area contributed by atoms with E-state index in [2.05, 4.69) is 45.5 Å². The van der Waals surface area contributed by atoms with Crippen LogP contribution in [0, 0.1) is 16.7 Å². The Balaban J connectivity index is 1.28. The van der Waals surface area contributed by atoms with Crippen LogP contribution in [0.2, 0.25) is 5.02 Å². The molecule has 168 valence electrons. The van der Waals surface area contributed by atoms with Gasteiger partial charge < -0.3 is 9.80 Å². The molecule has 1 spiro atoms. The number of benzene rings is 1. The summed E-state index contributed by atoms with van der Waals surface area (Å²) < 4.78 is 2.14. The van der Waals surface area contributed by atoms with Crippen LogP contribution in [0.1, 0.15) is 25.2 Å². The Hall–Kier alpha value is -3.22. The van der Waals surface area contributed by atoms with E-state index in [0.29, 0.717) is 18.1 Å². The molecule has 3 aromatic rings. The fourth-order valence-electron chi connectivity index (χ4n) is 5.14. The summed E-state index contributed by atoms with van der Waals surface area (Å²) in [4.78, 5) is 15.3. The molecule has 0 aliphatic carbocycles. The summed E-state index contributed by atoms with van der Waals surface area (Å²) in [5.74, 6) is 2.63. The van der Waals surface area contributed by atoms with Gasteiger partial charge in [0.25, 0.3) is 0 Å². The Labute approximate surface area is 197 Å². The number of nitrogens with zero attached hydrogens (tertiary/aromatic N) is 9. The molecular formula is C23H24ClN9. The molecule has 10 heteroatoms. The van der Waals surface area contributed by atoms with Crippen LogP contribution in [-0.4, -0.2) is 61.4 Å². The van der Waals surface area contributed by atoms with Crippen molar-refractivity contribution in [1.82, 2.24) is 29.6 Å². The van der Waals surface area contributed by atoms with Crippen LogP contribution < -0.4 is 9.80 Å². The second-order valence-electron chi connectivity index (χ2n) is 9.83. The second kappa shape index (κ2) is 7.14. The van der Waals surface area contributed by atoms with E-state index in [1.54, 1.807) is 12.4 Å². The number of fused-ring (bicyclic) bond motifs is 3. The normalized spacial score (nSPS) is 19.2. The molecule has 2 saturated heterocycles. The molecule has 3 aliphatic rings. The summed E-state index contributed by atoms with van der Waals surface area (Å²) in [6, 6.07) is 8.34. The maximum absolute atomic E-state index is 9.74. The number of aromatic nitrogens is 5. The van der Waals surface area contributed by atoms with Gasteiger partial charge in [0.05, 0.1) is 24.5 Å². The van der Waals surface area contributed by atoms with E-state index in [1.807, 2.05) is 38.2 Å². The molecule has 0 bridgehead atoms. The van der Waals surface area contributed by atoms with Crippen molar-refractivity contribution in [2.45, 2.75) is 32.5 Å². The Morgan fingerprint density at radius 1 is 1.06 bits per heavy atom. The molecule has 0 atom stereocenters. The van der Waals surface area contributed by atoms with Gasteiger partial charge in [-0.1, -0.05) is 11.6 Å². The highest BCUT2D eigenvalue weighted by atomic mass is 35.5. The number of nitriles is 1. The first-order chi connectivity index (χ1) is 15.9. The molecule has 6 rings (SSSR count). The Bertz CT molecular complexity index is 1250. The molecule has 1 aromatic carbocycles. The topological polar surface area (TPSA) is 90.0 Å². The maximum Gasteiger partial charge on any atom is 0.231 e. The van der Waals surface area contributed by atoms with Gasteiger partial charge in [-0.25, -0.2) is 4.98 Å². The summed E-state index contributed by atoms with van der Waals surface area (Å²) in [7, 11) is 0. The van der Waals surface area contributed by atoms with E-state index in [9.17, 15) is 5.26 Å². The van der Waals surface area contributed by atoms with Gasteiger partial charge in [0.2, 0.25) is 5.95 Å². The van der Waals surface area contributed by atoms with Gasteiger partial charge in [-0.05, 0) is 37.6 Å². The molecule has 9 nitrogen and oxygen atoms in total. The fraction of sp³-hybridized carbons (Fsp3) is 0.435. The highest BCUT2D eigenvalue weighted by Crippen LogP contribution is 2.44. The zero-order chi connectivity index (χ0) is 22.8. The molecular weight excluding hydrogens is 438 g/mol. The summed E-state index contributed by atoms with van der Waals surface area (Å²) in [5.41, 5.74) is 1.71. The summed E-state index contributed by atoms with van der Waals surface area (Å²) >= 11 is 6.35. The lowest BCUT2D eigenvalue weighted by molar-refractivity contribution is 0.147. The van der Waals surface area contributed by atoms with Gasteiger partial charge >= 0.3 is 0 Å². The van der Waals surface area contributed by atoms with Gasteiger partial charge in [-0.2, -0.15) is 5.26 Å². The molecule has 5 heterocycles. The number of rotatable bonds is 3. The zero-order valence-corrected chi connectivity index (χ0v) is 19.4. The number of hydrogen-bond acceptors (Lipinski definition) is 8. The van der Waals surface area contributed by atoms with Gasteiger partial charge in [-0.3, -0.25) is 14.5 Å².